The van der Waals surface area contributed by atoms with Gasteiger partial charge in [0.1, 0.15) is 0 Å². The lowest BCUT2D eigenvalue weighted by atomic mass is 10.1. The first-order valence-corrected chi connectivity index (χ1v) is 11.1. The molecular weight excluding hydrogens is 369 g/mol. The monoisotopic (exact) mass is 397 g/mol. The molecule has 0 aliphatic heterocycles. The van der Waals surface area contributed by atoms with Gasteiger partial charge in [-0.05, 0) is 56.2 Å². The van der Waals surface area contributed by atoms with Gasteiger partial charge in [-0.3, -0.25) is 13.7 Å². The molecule has 0 aliphatic carbocycles. The summed E-state index contributed by atoms with van der Waals surface area (Å²) in [6, 6.07) is 24.1. The van der Waals surface area contributed by atoms with Gasteiger partial charge in [-0.2, -0.15) is 0 Å². The topological polar surface area (TPSA) is 38.8 Å². The molecule has 28 heavy (non-hydrogen) atoms. The fourth-order valence-corrected chi connectivity index (χ4v) is 5.17. The zero-order chi connectivity index (χ0) is 20.1. The second-order valence-electron chi connectivity index (χ2n) is 7.35. The van der Waals surface area contributed by atoms with Gasteiger partial charge in [0.05, 0.1) is 18.8 Å². The van der Waals surface area contributed by atoms with E-state index in [0.717, 1.165) is 22.0 Å². The van der Waals surface area contributed by atoms with Gasteiger partial charge in [-0.1, -0.05) is 60.7 Å². The molecule has 0 spiro atoms. The SMILES string of the molecule is CC(C)OP(=O)(OC(C)C)N(Cc1ccccc1)c1ccc2ccccc2c1. The molecule has 0 N–H and O–H groups in total. The molecule has 0 aliphatic rings. The molecule has 3 aromatic rings. The summed E-state index contributed by atoms with van der Waals surface area (Å²) < 4.78 is 27.5. The van der Waals surface area contributed by atoms with Gasteiger partial charge in [0.25, 0.3) is 0 Å². The highest BCUT2D eigenvalue weighted by molar-refractivity contribution is 7.55. The van der Waals surface area contributed by atoms with Gasteiger partial charge in [0.2, 0.25) is 0 Å². The molecule has 3 rings (SSSR count). The molecule has 0 amide bonds. The molecule has 5 heteroatoms. The number of rotatable bonds is 8. The fourth-order valence-electron chi connectivity index (χ4n) is 3.08. The van der Waals surface area contributed by atoms with Crippen LogP contribution >= 0.6 is 7.75 Å². The number of anilines is 1. The summed E-state index contributed by atoms with van der Waals surface area (Å²) in [7, 11) is -3.57. The molecule has 0 bridgehead atoms. The molecular formula is C23H28NO3P. The highest BCUT2D eigenvalue weighted by Gasteiger charge is 2.36. The van der Waals surface area contributed by atoms with E-state index in [4.69, 9.17) is 9.05 Å². The number of fused-ring (bicyclic) bond motifs is 1. The number of hydrogen-bond donors (Lipinski definition) is 0. The Morgan fingerprint density at radius 3 is 1.96 bits per heavy atom. The number of benzene rings is 3. The lowest BCUT2D eigenvalue weighted by molar-refractivity contribution is 0.140. The Kier molecular flexibility index (Phi) is 6.56. The lowest BCUT2D eigenvalue weighted by Crippen LogP contribution is -2.25. The molecule has 3 aromatic carbocycles. The summed E-state index contributed by atoms with van der Waals surface area (Å²) in [4.78, 5) is 0. The molecule has 0 radical (unpaired) electrons. The fraction of sp³-hybridized carbons (Fsp3) is 0.304. The Morgan fingerprint density at radius 2 is 1.36 bits per heavy atom. The van der Waals surface area contributed by atoms with E-state index in [1.165, 1.54) is 0 Å². The van der Waals surface area contributed by atoms with Crippen LogP contribution in [0.5, 0.6) is 0 Å². The van der Waals surface area contributed by atoms with Crippen LogP contribution < -0.4 is 4.67 Å². The van der Waals surface area contributed by atoms with E-state index >= 15 is 0 Å². The van der Waals surface area contributed by atoms with Gasteiger partial charge in [0, 0.05) is 5.69 Å². The van der Waals surface area contributed by atoms with E-state index in [1.807, 2.05) is 88.4 Å². The van der Waals surface area contributed by atoms with Gasteiger partial charge in [-0.15, -0.1) is 0 Å². The van der Waals surface area contributed by atoms with Gasteiger partial charge >= 0.3 is 7.75 Å². The molecule has 0 fully saturated rings. The Balaban J connectivity index is 2.09. The average Bonchev–Trinajstić information content (AvgIpc) is 2.65. The highest BCUT2D eigenvalue weighted by Crippen LogP contribution is 2.56. The number of nitrogens with zero attached hydrogens (tertiary/aromatic N) is 1. The molecule has 0 unspecified atom stereocenters. The van der Waals surface area contributed by atoms with Crippen molar-refractivity contribution in [1.29, 1.82) is 0 Å². The van der Waals surface area contributed by atoms with E-state index in [9.17, 15) is 4.57 Å². The second-order valence-corrected chi connectivity index (χ2v) is 9.19. The average molecular weight is 397 g/mol. The third-order valence-electron chi connectivity index (χ3n) is 4.19. The normalized spacial score (nSPS) is 12.1. The van der Waals surface area contributed by atoms with E-state index < -0.39 is 7.75 Å². The molecule has 0 heterocycles. The van der Waals surface area contributed by atoms with E-state index in [1.54, 1.807) is 4.67 Å². The first kappa shape index (κ1) is 20.6. The molecule has 0 saturated carbocycles. The summed E-state index contributed by atoms with van der Waals surface area (Å²) >= 11 is 0. The minimum absolute atomic E-state index is 0.233. The van der Waals surface area contributed by atoms with Crippen molar-refractivity contribution < 1.29 is 13.6 Å². The first-order valence-electron chi connectivity index (χ1n) is 9.65. The van der Waals surface area contributed by atoms with Gasteiger partial charge < -0.3 is 0 Å². The maximum Gasteiger partial charge on any atom is 0.436 e. The molecule has 4 nitrogen and oxygen atoms in total. The zero-order valence-corrected chi connectivity index (χ0v) is 17.8. The first-order chi connectivity index (χ1) is 13.4. The Hall–Kier alpha value is -2.13. The van der Waals surface area contributed by atoms with Crippen LogP contribution in [0, 0.1) is 0 Å². The maximum absolute atomic E-state index is 14.0. The minimum Gasteiger partial charge on any atom is -0.289 e. The quantitative estimate of drug-likeness (QED) is 0.392. The lowest BCUT2D eigenvalue weighted by Gasteiger charge is -2.34. The summed E-state index contributed by atoms with van der Waals surface area (Å²) in [5.74, 6) is 0. The van der Waals surface area contributed by atoms with Crippen molar-refractivity contribution in [3.05, 3.63) is 78.4 Å². The largest absolute Gasteiger partial charge is 0.436 e. The van der Waals surface area contributed by atoms with Crippen LogP contribution in [0.4, 0.5) is 5.69 Å². The standard InChI is InChI=1S/C23H28NO3P/c1-18(2)26-28(25,27-19(3)4)24(17-20-10-6-5-7-11-20)23-15-14-21-12-8-9-13-22(21)16-23/h5-16,18-19H,17H2,1-4H3. The van der Waals surface area contributed by atoms with Gasteiger partial charge in [0.15, 0.2) is 0 Å². The van der Waals surface area contributed by atoms with Crippen LogP contribution in [0.3, 0.4) is 0 Å². The van der Waals surface area contributed by atoms with Crippen LogP contribution in [0.15, 0.2) is 72.8 Å². The van der Waals surface area contributed by atoms with Crippen molar-refractivity contribution in [1.82, 2.24) is 0 Å². The van der Waals surface area contributed by atoms with Gasteiger partial charge in [-0.25, -0.2) is 4.57 Å². The number of hydrogen-bond acceptors (Lipinski definition) is 3. The third-order valence-corrected chi connectivity index (χ3v) is 6.53. The molecule has 0 saturated heterocycles. The highest BCUT2D eigenvalue weighted by atomic mass is 31.2. The summed E-state index contributed by atoms with van der Waals surface area (Å²) in [5, 5.41) is 2.22. The van der Waals surface area contributed by atoms with Crippen molar-refractivity contribution in [2.24, 2.45) is 0 Å². The van der Waals surface area contributed by atoms with Crippen molar-refractivity contribution >= 4 is 24.2 Å². The van der Waals surface area contributed by atoms with Crippen LogP contribution in [0.25, 0.3) is 10.8 Å². The van der Waals surface area contributed by atoms with E-state index in [0.29, 0.717) is 6.54 Å². The van der Waals surface area contributed by atoms with E-state index in [-0.39, 0.29) is 12.2 Å². The molecule has 148 valence electrons. The molecule has 0 atom stereocenters. The predicted molar refractivity (Wildman–Crippen MR) is 117 cm³/mol. The second kappa shape index (κ2) is 8.91. The summed E-state index contributed by atoms with van der Waals surface area (Å²) in [6.45, 7) is 7.92. The minimum atomic E-state index is -3.57. The van der Waals surface area contributed by atoms with Crippen molar-refractivity contribution in [3.63, 3.8) is 0 Å². The smallest absolute Gasteiger partial charge is 0.289 e. The Morgan fingerprint density at radius 1 is 0.786 bits per heavy atom. The van der Waals surface area contributed by atoms with Crippen molar-refractivity contribution in [3.8, 4) is 0 Å². The summed E-state index contributed by atoms with van der Waals surface area (Å²) in [6.07, 6.45) is -0.466. The van der Waals surface area contributed by atoms with Crippen molar-refractivity contribution in [2.75, 3.05) is 4.67 Å². The molecule has 0 aromatic heterocycles. The van der Waals surface area contributed by atoms with Crippen LogP contribution in [-0.4, -0.2) is 12.2 Å². The van der Waals surface area contributed by atoms with Crippen LogP contribution in [0.1, 0.15) is 33.3 Å². The Labute approximate surface area is 167 Å². The third kappa shape index (κ3) is 5.02. The maximum atomic E-state index is 14.0. The zero-order valence-electron chi connectivity index (χ0n) is 16.9. The predicted octanol–water partition coefficient (Wildman–Crippen LogP) is 6.80. The van der Waals surface area contributed by atoms with Crippen molar-refractivity contribution in [2.45, 2.75) is 46.4 Å². The summed E-state index contributed by atoms with van der Waals surface area (Å²) in [5.41, 5.74) is 1.85. The van der Waals surface area contributed by atoms with Crippen LogP contribution in [0.2, 0.25) is 0 Å². The Bertz CT molecular complexity index is 942. The van der Waals surface area contributed by atoms with Crippen LogP contribution in [-0.2, 0) is 20.2 Å². The van der Waals surface area contributed by atoms with E-state index in [2.05, 4.69) is 12.1 Å².